The number of hydrogen-bond acceptors (Lipinski definition) is 3. The molecule has 0 unspecified atom stereocenters. The van der Waals surface area contributed by atoms with E-state index in [1.165, 1.54) is 0 Å². The lowest BCUT2D eigenvalue weighted by atomic mass is 10.1. The van der Waals surface area contributed by atoms with E-state index in [2.05, 4.69) is 18.1 Å². The van der Waals surface area contributed by atoms with Gasteiger partial charge in [-0.1, -0.05) is 60.7 Å². The highest BCUT2D eigenvalue weighted by atomic mass is 31.2. The molecule has 1 N–H and O–H groups in total. The monoisotopic (exact) mass is 455 g/mol. The first kappa shape index (κ1) is 21.2. The minimum Gasteiger partial charge on any atom is -0.316 e. The lowest BCUT2D eigenvalue weighted by molar-refractivity contribution is 0.553. The second kappa shape index (κ2) is 8.05. The summed E-state index contributed by atoms with van der Waals surface area (Å²) in [7, 11) is -1.51. The van der Waals surface area contributed by atoms with Crippen LogP contribution in [0.2, 0.25) is 0 Å². The van der Waals surface area contributed by atoms with Gasteiger partial charge in [0, 0.05) is 18.3 Å². The summed E-state index contributed by atoms with van der Waals surface area (Å²) in [6, 6.07) is 25.7. The first-order chi connectivity index (χ1) is 15.9. The molecule has 2 heterocycles. The lowest BCUT2D eigenvalue weighted by Gasteiger charge is -2.35. The predicted octanol–water partition coefficient (Wildman–Crippen LogP) is 5.75. The molecule has 5 rings (SSSR count). The minimum atomic E-state index is -3.35. The van der Waals surface area contributed by atoms with Gasteiger partial charge in [-0.2, -0.15) is 5.10 Å². The second-order valence-electron chi connectivity index (χ2n) is 8.27. The summed E-state index contributed by atoms with van der Waals surface area (Å²) in [6.45, 7) is 6.00. The number of amidine groups is 1. The Morgan fingerprint density at radius 1 is 0.848 bits per heavy atom. The van der Waals surface area contributed by atoms with Gasteiger partial charge in [0.1, 0.15) is 11.1 Å². The number of aromatic nitrogens is 2. The summed E-state index contributed by atoms with van der Waals surface area (Å²) < 4.78 is 18.5. The molecule has 0 radical (unpaired) electrons. The number of aryl methyl sites for hydroxylation is 2. The zero-order valence-corrected chi connectivity index (χ0v) is 20.0. The fraction of sp³-hybridized carbons (Fsp3) is 0.154. The zero-order chi connectivity index (χ0) is 23.2. The van der Waals surface area contributed by atoms with Gasteiger partial charge in [-0.25, -0.2) is 9.67 Å². The summed E-state index contributed by atoms with van der Waals surface area (Å²) >= 11 is 0. The van der Waals surface area contributed by atoms with Gasteiger partial charge in [0.05, 0.1) is 11.4 Å². The van der Waals surface area contributed by atoms with E-state index < -0.39 is 7.44 Å². The third-order valence-corrected chi connectivity index (χ3v) is 8.87. The van der Waals surface area contributed by atoms with E-state index in [4.69, 9.17) is 10.1 Å². The van der Waals surface area contributed by atoms with Gasteiger partial charge in [0.15, 0.2) is 5.82 Å². The Hall–Kier alpha value is -3.63. The van der Waals surface area contributed by atoms with Crippen molar-refractivity contribution < 1.29 is 4.57 Å². The third-order valence-electron chi connectivity index (χ3n) is 6.16. The Morgan fingerprint density at radius 3 is 2.21 bits per heavy atom. The van der Waals surface area contributed by atoms with Crippen LogP contribution in [0, 0.1) is 20.8 Å². The molecular weight excluding hydrogens is 429 g/mol. The fourth-order valence-electron chi connectivity index (χ4n) is 4.17. The summed E-state index contributed by atoms with van der Waals surface area (Å²) in [4.78, 5) is 5.00. The quantitative estimate of drug-likeness (QED) is 0.398. The minimum absolute atomic E-state index is 0.594. The Kier molecular flexibility index (Phi) is 5.18. The van der Waals surface area contributed by atoms with Gasteiger partial charge in [-0.05, 0) is 50.1 Å². The maximum absolute atomic E-state index is 14.9. The van der Waals surface area contributed by atoms with Crippen molar-refractivity contribution in [3.63, 3.8) is 0 Å². The van der Waals surface area contributed by atoms with Crippen LogP contribution < -0.4 is 10.4 Å². The number of hydrogen-bond donors (Lipinski definition) is 1. The topological polar surface area (TPSA) is 62.5 Å². The fourth-order valence-corrected chi connectivity index (χ4v) is 6.63. The summed E-state index contributed by atoms with van der Waals surface area (Å²) in [6.07, 6.45) is 0. The molecule has 6 nitrogen and oxygen atoms in total. The van der Waals surface area contributed by atoms with Crippen LogP contribution in [-0.4, -0.2) is 27.3 Å². The van der Waals surface area contributed by atoms with E-state index in [9.17, 15) is 4.57 Å². The van der Waals surface area contributed by atoms with Crippen LogP contribution in [-0.2, 0) is 4.57 Å². The van der Waals surface area contributed by atoms with E-state index >= 15 is 0 Å². The van der Waals surface area contributed by atoms with Crippen LogP contribution in [0.25, 0.3) is 5.69 Å². The van der Waals surface area contributed by atoms with E-state index in [1.807, 2.05) is 93.7 Å². The Balaban J connectivity index is 1.77. The van der Waals surface area contributed by atoms with Crippen molar-refractivity contribution >= 4 is 30.1 Å². The molecule has 33 heavy (non-hydrogen) atoms. The highest BCUT2D eigenvalue weighted by Crippen LogP contribution is 2.54. The van der Waals surface area contributed by atoms with E-state index in [0.29, 0.717) is 22.7 Å². The van der Waals surface area contributed by atoms with Gasteiger partial charge in [-0.15, -0.1) is 0 Å². The molecule has 0 amide bonds. The first-order valence-electron chi connectivity index (χ1n) is 10.9. The first-order valence-corrected chi connectivity index (χ1v) is 12.5. The van der Waals surface area contributed by atoms with Crippen molar-refractivity contribution in [1.82, 2.24) is 14.5 Å². The van der Waals surface area contributed by atoms with Crippen LogP contribution in [0.1, 0.15) is 22.4 Å². The number of anilines is 1. The average molecular weight is 456 g/mol. The maximum Gasteiger partial charge on any atom is 0.296 e. The van der Waals surface area contributed by atoms with Crippen LogP contribution in [0.3, 0.4) is 0 Å². The summed E-state index contributed by atoms with van der Waals surface area (Å²) in [5.74, 6) is 1.23. The van der Waals surface area contributed by atoms with Crippen LogP contribution in [0.5, 0.6) is 0 Å². The molecule has 166 valence electrons. The van der Waals surface area contributed by atoms with Crippen LogP contribution in [0.15, 0.2) is 83.9 Å². The van der Waals surface area contributed by atoms with E-state index in [0.717, 1.165) is 28.1 Å². The van der Waals surface area contributed by atoms with Crippen molar-refractivity contribution in [2.45, 2.75) is 20.8 Å². The number of rotatable bonds is 4. The van der Waals surface area contributed by atoms with Crippen LogP contribution in [0.4, 0.5) is 11.5 Å². The lowest BCUT2D eigenvalue weighted by Crippen LogP contribution is -2.36. The van der Waals surface area contributed by atoms with E-state index in [-0.39, 0.29) is 0 Å². The van der Waals surface area contributed by atoms with Gasteiger partial charge in [-0.3, -0.25) is 9.24 Å². The predicted molar refractivity (Wildman–Crippen MR) is 135 cm³/mol. The highest BCUT2D eigenvalue weighted by molar-refractivity contribution is 7.72. The Bertz CT molecular complexity index is 1410. The molecule has 3 aromatic carbocycles. The molecule has 0 saturated carbocycles. The molecule has 0 fully saturated rings. The number of fused-ring (bicyclic) bond motifs is 1. The zero-order valence-electron chi connectivity index (χ0n) is 19.1. The number of para-hydroxylation sites is 1. The molecule has 0 aliphatic carbocycles. The molecule has 0 bridgehead atoms. The normalized spacial score (nSPS) is 17.5. The number of benzene rings is 3. The molecule has 1 atom stereocenters. The largest absolute Gasteiger partial charge is 0.316 e. The molecule has 7 heteroatoms. The number of nitrogens with one attached hydrogen (secondary N) is 1. The van der Waals surface area contributed by atoms with Crippen LogP contribution >= 0.6 is 7.44 Å². The van der Waals surface area contributed by atoms with Crippen molar-refractivity contribution in [3.05, 3.63) is 101 Å². The van der Waals surface area contributed by atoms with Gasteiger partial charge < -0.3 is 5.09 Å². The van der Waals surface area contributed by atoms with Crippen molar-refractivity contribution in [2.24, 2.45) is 4.99 Å². The average Bonchev–Trinajstić information content (AvgIpc) is 3.17. The highest BCUT2D eigenvalue weighted by Gasteiger charge is 2.43. The SMILES string of the molecule is Cc1cccc(N[P@]2(=O)c3c(C)nn(-c4ccccc4)c3N=C(c3ccccc3)N2C)c1C. The van der Waals surface area contributed by atoms with Gasteiger partial charge in [0.2, 0.25) is 0 Å². The summed E-state index contributed by atoms with van der Waals surface area (Å²) in [5.41, 5.74) is 5.52. The molecule has 1 aliphatic heterocycles. The van der Waals surface area contributed by atoms with Gasteiger partial charge in [0.25, 0.3) is 7.44 Å². The van der Waals surface area contributed by atoms with Crippen molar-refractivity contribution in [2.75, 3.05) is 12.1 Å². The summed E-state index contributed by atoms with van der Waals surface area (Å²) in [5, 5.41) is 8.83. The van der Waals surface area contributed by atoms with Gasteiger partial charge >= 0.3 is 0 Å². The number of aliphatic imine (C=N–C) groups is 1. The Morgan fingerprint density at radius 2 is 1.52 bits per heavy atom. The van der Waals surface area contributed by atoms with E-state index in [1.54, 1.807) is 9.35 Å². The molecular formula is C26H26N5OP. The molecule has 1 aliphatic rings. The standard InChI is InChI=1S/C26H26N5OP/c1-18-12-11-17-23(19(18)2)29-33(32)24-20(3)28-31(22-15-9-6-10-16-22)26(24)27-25(30(33)4)21-13-7-5-8-14-21/h5-17H,1-4H3,(H,29,32)/t33-/m1/s1. The smallest absolute Gasteiger partial charge is 0.296 e. The Labute approximate surface area is 194 Å². The van der Waals surface area contributed by atoms with Crippen molar-refractivity contribution in [3.8, 4) is 5.69 Å². The maximum atomic E-state index is 14.9. The molecule has 0 spiro atoms. The number of nitrogens with zero attached hydrogens (tertiary/aromatic N) is 4. The van der Waals surface area contributed by atoms with Crippen molar-refractivity contribution in [1.29, 1.82) is 0 Å². The second-order valence-corrected chi connectivity index (χ2v) is 10.7. The molecule has 0 saturated heterocycles. The molecule has 4 aromatic rings. The molecule has 1 aromatic heterocycles. The third kappa shape index (κ3) is 3.47.